The molecule has 1 aromatic heterocycles. The van der Waals surface area contributed by atoms with Gasteiger partial charge in [0.05, 0.1) is 0 Å². The van der Waals surface area contributed by atoms with Gasteiger partial charge >= 0.3 is 0 Å². The Labute approximate surface area is 216 Å². The Hall–Kier alpha value is -2.74. The second kappa shape index (κ2) is 14.1. The van der Waals surface area contributed by atoms with Gasteiger partial charge in [0.1, 0.15) is 0 Å². The molecule has 2 aliphatic rings. The average molecular weight is 524 g/mol. The smallest absolute Gasteiger partial charge is 0.280 e. The summed E-state index contributed by atoms with van der Waals surface area (Å²) in [5, 5.41) is 5.61. The molecule has 1 aromatic rings. The molecule has 2 saturated heterocycles. The fraction of sp³-hybridized carbons (Fsp3) is 0.682. The first-order chi connectivity index (χ1) is 17.3. The van der Waals surface area contributed by atoms with E-state index in [2.05, 4.69) is 35.4 Å². The number of aliphatic imine (C=N–C) groups is 1. The highest BCUT2D eigenvalue weighted by atomic mass is 35.5. The molecule has 2 aliphatic heterocycles. The van der Waals surface area contributed by atoms with Crippen LogP contribution < -0.4 is 27.8 Å². The van der Waals surface area contributed by atoms with Crippen LogP contribution in [0.2, 0.25) is 5.15 Å². The van der Waals surface area contributed by atoms with Crippen LogP contribution in [0.1, 0.15) is 36.2 Å². The van der Waals surface area contributed by atoms with Crippen molar-refractivity contribution in [2.45, 2.75) is 25.7 Å². The van der Waals surface area contributed by atoms with Gasteiger partial charge in [-0.3, -0.25) is 19.9 Å². The summed E-state index contributed by atoms with van der Waals surface area (Å²) in [4.78, 5) is 43.2. The Morgan fingerprint density at radius 2 is 1.58 bits per heavy atom. The number of unbranched alkanes of at least 4 members (excludes halogenated alkanes) is 1. The van der Waals surface area contributed by atoms with Gasteiger partial charge in [-0.2, -0.15) is 0 Å². The maximum absolute atomic E-state index is 12.3. The zero-order valence-corrected chi connectivity index (χ0v) is 21.5. The lowest BCUT2D eigenvalue weighted by Crippen LogP contribution is -2.47. The van der Waals surface area contributed by atoms with E-state index in [0.717, 1.165) is 84.7 Å². The lowest BCUT2D eigenvalue weighted by atomic mass is 10.2. The fourth-order valence-corrected chi connectivity index (χ4v) is 4.36. The molecule has 0 saturated carbocycles. The first kappa shape index (κ1) is 27.8. The van der Waals surface area contributed by atoms with Crippen molar-refractivity contribution < 1.29 is 9.59 Å². The summed E-state index contributed by atoms with van der Waals surface area (Å²) in [5.41, 5.74) is 16.8. The number of piperazine rings is 2. The van der Waals surface area contributed by atoms with Gasteiger partial charge in [-0.15, -0.1) is 0 Å². The molecular formula is C22H38ClN11O2. The number of nitrogens with one attached hydrogen (secondary N) is 2. The molecule has 0 spiro atoms. The Bertz CT molecular complexity index is 916. The topological polar surface area (TPSA) is 184 Å². The summed E-state index contributed by atoms with van der Waals surface area (Å²) in [6.45, 7) is 10.0. The van der Waals surface area contributed by atoms with E-state index < -0.39 is 5.91 Å². The predicted octanol–water partition coefficient (Wildman–Crippen LogP) is -1.05. The van der Waals surface area contributed by atoms with Crippen LogP contribution in [0.4, 0.5) is 11.6 Å². The number of carbonyl (C=O) groups is 2. The van der Waals surface area contributed by atoms with Gasteiger partial charge in [0, 0.05) is 65.3 Å². The Morgan fingerprint density at radius 1 is 0.944 bits per heavy atom. The van der Waals surface area contributed by atoms with E-state index in [4.69, 9.17) is 28.8 Å². The van der Waals surface area contributed by atoms with E-state index in [-0.39, 0.29) is 34.3 Å². The van der Waals surface area contributed by atoms with Crippen molar-refractivity contribution in [1.82, 2.24) is 35.3 Å². The molecule has 14 heteroatoms. The molecule has 13 nitrogen and oxygen atoms in total. The van der Waals surface area contributed by atoms with Crippen LogP contribution >= 0.6 is 11.6 Å². The van der Waals surface area contributed by atoms with Gasteiger partial charge in [0.25, 0.3) is 5.91 Å². The number of nitrogens with two attached hydrogens (primary N) is 3. The van der Waals surface area contributed by atoms with Crippen LogP contribution in [0.15, 0.2) is 4.99 Å². The standard InChI is InChI=1S/C22H38ClN11O2/c23-18-20(25)30-19(24)17(29-18)21(36)31-22(26)28-5-1-2-8-32-12-14-33(15-13-32)9-3-4-16(35)34-10-6-27-7-11-34/h27H,1-15H2,(H4,24,25,30)(H3,26,28,31,36). The van der Waals surface area contributed by atoms with Crippen LogP contribution in [0, 0.1) is 0 Å². The molecule has 8 N–H and O–H groups in total. The minimum atomic E-state index is -0.644. The van der Waals surface area contributed by atoms with Gasteiger partial charge in [-0.1, -0.05) is 11.6 Å². The Morgan fingerprint density at radius 3 is 2.25 bits per heavy atom. The van der Waals surface area contributed by atoms with Crippen LogP contribution in [0.3, 0.4) is 0 Å². The van der Waals surface area contributed by atoms with Gasteiger partial charge < -0.3 is 37.2 Å². The normalized spacial score (nSPS) is 17.8. The second-order valence-corrected chi connectivity index (χ2v) is 9.34. The maximum Gasteiger partial charge on any atom is 0.280 e. The molecular weight excluding hydrogens is 486 g/mol. The van der Waals surface area contributed by atoms with Gasteiger partial charge in [0.2, 0.25) is 5.91 Å². The number of nitrogens with zero attached hydrogens (tertiary/aromatic N) is 6. The number of halogens is 1. The van der Waals surface area contributed by atoms with Crippen LogP contribution in [0.25, 0.3) is 0 Å². The first-order valence-electron chi connectivity index (χ1n) is 12.5. The third kappa shape index (κ3) is 8.73. The minimum Gasteiger partial charge on any atom is -0.382 e. The summed E-state index contributed by atoms with van der Waals surface area (Å²) < 4.78 is 0. The summed E-state index contributed by atoms with van der Waals surface area (Å²) in [7, 11) is 0. The van der Waals surface area contributed by atoms with Crippen molar-refractivity contribution in [3.8, 4) is 0 Å². The van der Waals surface area contributed by atoms with E-state index in [1.54, 1.807) is 0 Å². The van der Waals surface area contributed by atoms with Crippen molar-refractivity contribution in [3.63, 3.8) is 0 Å². The lowest BCUT2D eigenvalue weighted by molar-refractivity contribution is -0.131. The number of aromatic nitrogens is 2. The lowest BCUT2D eigenvalue weighted by Gasteiger charge is -2.35. The molecule has 3 rings (SSSR count). The van der Waals surface area contributed by atoms with Gasteiger partial charge in [-0.25, -0.2) is 9.97 Å². The quantitative estimate of drug-likeness (QED) is 0.144. The SMILES string of the molecule is NC(=NCCCCN1CCN(CCCC(=O)N2CCNCC2)CC1)NC(=O)c1nc(Cl)c(N)nc1N. The number of rotatable bonds is 10. The molecule has 2 fully saturated rings. The van der Waals surface area contributed by atoms with Crippen molar-refractivity contribution >= 4 is 41.0 Å². The zero-order valence-electron chi connectivity index (χ0n) is 20.7. The molecule has 36 heavy (non-hydrogen) atoms. The highest BCUT2D eigenvalue weighted by molar-refractivity contribution is 6.31. The molecule has 3 heterocycles. The van der Waals surface area contributed by atoms with Crippen molar-refractivity contribution in [2.75, 3.05) is 83.5 Å². The Balaban J connectivity index is 1.25. The molecule has 0 bridgehead atoms. The number of carbonyl (C=O) groups excluding carboxylic acids is 2. The predicted molar refractivity (Wildman–Crippen MR) is 141 cm³/mol. The largest absolute Gasteiger partial charge is 0.382 e. The molecule has 0 aromatic carbocycles. The fourth-order valence-electron chi connectivity index (χ4n) is 4.23. The van der Waals surface area contributed by atoms with E-state index >= 15 is 0 Å². The molecule has 0 unspecified atom stereocenters. The van der Waals surface area contributed by atoms with E-state index in [1.165, 1.54) is 0 Å². The van der Waals surface area contributed by atoms with Crippen LogP contribution in [-0.4, -0.2) is 114 Å². The average Bonchev–Trinajstić information content (AvgIpc) is 2.87. The van der Waals surface area contributed by atoms with Crippen LogP contribution in [0.5, 0.6) is 0 Å². The summed E-state index contributed by atoms with van der Waals surface area (Å²) in [5.74, 6) is -0.560. The number of hydrogen-bond donors (Lipinski definition) is 5. The highest BCUT2D eigenvalue weighted by Crippen LogP contribution is 2.17. The van der Waals surface area contributed by atoms with Gasteiger partial charge in [-0.05, 0) is 32.4 Å². The number of amides is 2. The van der Waals surface area contributed by atoms with Crippen molar-refractivity contribution in [3.05, 3.63) is 10.8 Å². The van der Waals surface area contributed by atoms with E-state index in [9.17, 15) is 9.59 Å². The summed E-state index contributed by atoms with van der Waals surface area (Å²) >= 11 is 5.80. The first-order valence-corrected chi connectivity index (χ1v) is 12.8. The van der Waals surface area contributed by atoms with Crippen molar-refractivity contribution in [2.24, 2.45) is 10.7 Å². The Kier molecular flexibility index (Phi) is 10.9. The molecule has 0 radical (unpaired) electrons. The third-order valence-corrected chi connectivity index (χ3v) is 6.60. The number of anilines is 2. The molecule has 0 atom stereocenters. The zero-order chi connectivity index (χ0) is 25.9. The highest BCUT2D eigenvalue weighted by Gasteiger charge is 2.19. The van der Waals surface area contributed by atoms with Crippen molar-refractivity contribution in [1.29, 1.82) is 0 Å². The number of guanidine groups is 1. The monoisotopic (exact) mass is 523 g/mol. The molecule has 0 aliphatic carbocycles. The third-order valence-electron chi connectivity index (χ3n) is 6.33. The number of nitrogen functional groups attached to an aromatic ring is 2. The van der Waals surface area contributed by atoms with Crippen LogP contribution in [-0.2, 0) is 4.79 Å². The van der Waals surface area contributed by atoms with E-state index in [0.29, 0.717) is 13.0 Å². The summed E-state index contributed by atoms with van der Waals surface area (Å²) in [6, 6.07) is 0. The second-order valence-electron chi connectivity index (χ2n) is 8.98. The maximum atomic E-state index is 12.3. The van der Waals surface area contributed by atoms with Gasteiger partial charge in [0.15, 0.2) is 28.4 Å². The molecule has 2 amide bonds. The number of hydrogen-bond acceptors (Lipinski definition) is 10. The van der Waals surface area contributed by atoms with E-state index in [1.807, 2.05) is 4.90 Å². The summed E-state index contributed by atoms with van der Waals surface area (Å²) in [6.07, 6.45) is 3.39. The molecule has 200 valence electrons. The minimum absolute atomic E-state index is 0.0156.